The van der Waals surface area contributed by atoms with E-state index in [2.05, 4.69) is 9.97 Å². The average Bonchev–Trinajstić information content (AvgIpc) is 2.45. The molecular formula is C15H22N2O2S. The van der Waals surface area contributed by atoms with Crippen molar-refractivity contribution >= 4 is 18.2 Å². The van der Waals surface area contributed by atoms with Crippen LogP contribution in [0.15, 0.2) is 0 Å². The second-order valence-corrected chi connectivity index (χ2v) is 5.91. The maximum Gasteiger partial charge on any atom is 0.342 e. The lowest BCUT2D eigenvalue weighted by Gasteiger charge is -2.21. The maximum atomic E-state index is 11.6. The van der Waals surface area contributed by atoms with Crippen molar-refractivity contribution < 1.29 is 9.53 Å². The highest BCUT2D eigenvalue weighted by molar-refractivity contribution is 7.71. The summed E-state index contributed by atoms with van der Waals surface area (Å²) in [7, 11) is 1.35. The van der Waals surface area contributed by atoms with E-state index in [0.717, 1.165) is 30.3 Å². The van der Waals surface area contributed by atoms with E-state index in [1.54, 1.807) is 0 Å². The minimum absolute atomic E-state index is 0.340. The largest absolute Gasteiger partial charge is 0.465 e. The molecule has 2 rings (SSSR count). The first-order valence-electron chi connectivity index (χ1n) is 7.30. The Kier molecular flexibility index (Phi) is 5.29. The number of nitrogens with zero attached hydrogens (tertiary/aromatic N) is 1. The number of rotatable bonds is 4. The van der Waals surface area contributed by atoms with Crippen LogP contribution in [0.3, 0.4) is 0 Å². The zero-order valence-corrected chi connectivity index (χ0v) is 13.0. The molecule has 0 aliphatic heterocycles. The fourth-order valence-corrected chi connectivity index (χ4v) is 3.27. The number of H-pyrrole nitrogens is 1. The van der Waals surface area contributed by atoms with Crippen LogP contribution in [0.2, 0.25) is 0 Å². The number of carbonyl (C=O) groups excluding carboxylic acids is 1. The molecule has 1 aliphatic carbocycles. The fourth-order valence-electron chi connectivity index (χ4n) is 2.92. The Morgan fingerprint density at radius 2 is 2.10 bits per heavy atom. The third-order valence-corrected chi connectivity index (χ3v) is 4.36. The zero-order valence-electron chi connectivity index (χ0n) is 12.2. The number of aromatic nitrogens is 2. The van der Waals surface area contributed by atoms with Crippen LogP contribution < -0.4 is 0 Å². The number of carbonyl (C=O) groups is 1. The topological polar surface area (TPSA) is 55.0 Å². The first-order valence-corrected chi connectivity index (χ1v) is 7.70. The van der Waals surface area contributed by atoms with Crippen molar-refractivity contribution in [2.75, 3.05) is 7.11 Å². The van der Waals surface area contributed by atoms with Crippen molar-refractivity contribution in [1.82, 2.24) is 9.97 Å². The number of methoxy groups -OCH3 is 1. The summed E-state index contributed by atoms with van der Waals surface area (Å²) in [6.45, 7) is 1.84. The molecule has 0 atom stereocenters. The van der Waals surface area contributed by atoms with Crippen LogP contribution in [0, 0.1) is 17.5 Å². The molecule has 5 heteroatoms. The molecule has 20 heavy (non-hydrogen) atoms. The minimum atomic E-state index is -0.421. The van der Waals surface area contributed by atoms with E-state index in [1.807, 2.05) is 6.92 Å². The minimum Gasteiger partial charge on any atom is -0.465 e. The summed E-state index contributed by atoms with van der Waals surface area (Å²) in [5.74, 6) is 1.27. The monoisotopic (exact) mass is 294 g/mol. The van der Waals surface area contributed by atoms with E-state index < -0.39 is 5.97 Å². The highest BCUT2D eigenvalue weighted by Crippen LogP contribution is 2.27. The molecule has 0 saturated heterocycles. The Bertz CT molecular complexity index is 533. The summed E-state index contributed by atoms with van der Waals surface area (Å²) in [6.07, 6.45) is 8.80. The standard InChI is InChI=1S/C15H22N2O2S/c1-10-13(15(18)19-2)14(20)17-12(16-10)9-8-11-6-4-3-5-7-11/h11H,3-9H2,1-2H3,(H,16,17,20). The van der Waals surface area contributed by atoms with Gasteiger partial charge in [-0.2, -0.15) is 0 Å². The van der Waals surface area contributed by atoms with Crippen molar-refractivity contribution in [3.05, 3.63) is 21.7 Å². The Morgan fingerprint density at radius 1 is 1.40 bits per heavy atom. The van der Waals surface area contributed by atoms with Crippen LogP contribution in [-0.2, 0) is 11.2 Å². The molecule has 1 saturated carbocycles. The quantitative estimate of drug-likeness (QED) is 0.679. The first kappa shape index (κ1) is 15.2. The number of esters is 1. The van der Waals surface area contributed by atoms with Gasteiger partial charge in [0.15, 0.2) is 0 Å². The molecule has 0 spiro atoms. The third-order valence-electron chi connectivity index (χ3n) is 4.06. The lowest BCUT2D eigenvalue weighted by atomic mass is 9.86. The Morgan fingerprint density at radius 3 is 2.70 bits per heavy atom. The predicted molar refractivity (Wildman–Crippen MR) is 80.4 cm³/mol. The van der Waals surface area contributed by atoms with E-state index >= 15 is 0 Å². The van der Waals surface area contributed by atoms with E-state index in [0.29, 0.717) is 10.2 Å². The van der Waals surface area contributed by atoms with Crippen molar-refractivity contribution in [3.63, 3.8) is 0 Å². The van der Waals surface area contributed by atoms with Crippen LogP contribution in [0.4, 0.5) is 0 Å². The molecule has 4 nitrogen and oxygen atoms in total. The van der Waals surface area contributed by atoms with Crippen LogP contribution in [-0.4, -0.2) is 23.0 Å². The molecular weight excluding hydrogens is 272 g/mol. The molecule has 0 unspecified atom stereocenters. The van der Waals surface area contributed by atoms with Gasteiger partial charge in [0.25, 0.3) is 0 Å². The molecule has 0 amide bonds. The molecule has 1 heterocycles. The molecule has 0 aromatic carbocycles. The van der Waals surface area contributed by atoms with Crippen molar-refractivity contribution in [2.24, 2.45) is 5.92 Å². The van der Waals surface area contributed by atoms with Crippen LogP contribution in [0.1, 0.15) is 60.4 Å². The van der Waals surface area contributed by atoms with Gasteiger partial charge in [0.2, 0.25) is 0 Å². The zero-order chi connectivity index (χ0) is 14.5. The fraction of sp³-hybridized carbons (Fsp3) is 0.667. The van der Waals surface area contributed by atoms with Gasteiger partial charge in [-0.15, -0.1) is 0 Å². The molecule has 1 aromatic heterocycles. The number of nitrogens with one attached hydrogen (secondary N) is 1. The molecule has 0 radical (unpaired) electrons. The summed E-state index contributed by atoms with van der Waals surface area (Å²) >= 11 is 5.21. The molecule has 110 valence electrons. The SMILES string of the molecule is COC(=O)c1c(C)[nH]c(CCC2CCCCC2)nc1=S. The molecule has 1 fully saturated rings. The van der Waals surface area contributed by atoms with Gasteiger partial charge in [-0.25, -0.2) is 9.78 Å². The second kappa shape index (κ2) is 6.97. The summed E-state index contributed by atoms with van der Waals surface area (Å²) in [4.78, 5) is 19.2. The number of hydrogen-bond acceptors (Lipinski definition) is 4. The summed E-state index contributed by atoms with van der Waals surface area (Å²) in [5, 5.41) is 0. The van der Waals surface area contributed by atoms with E-state index in [1.165, 1.54) is 39.2 Å². The lowest BCUT2D eigenvalue weighted by Crippen LogP contribution is -2.12. The lowest BCUT2D eigenvalue weighted by molar-refractivity contribution is 0.0598. The maximum absolute atomic E-state index is 11.6. The Labute approximate surface area is 125 Å². The number of ether oxygens (including phenoxy) is 1. The van der Waals surface area contributed by atoms with Gasteiger partial charge in [-0.3, -0.25) is 0 Å². The van der Waals surface area contributed by atoms with E-state index in [-0.39, 0.29) is 0 Å². The molecule has 1 N–H and O–H groups in total. The smallest absolute Gasteiger partial charge is 0.342 e. The number of hydrogen-bond donors (Lipinski definition) is 1. The van der Waals surface area contributed by atoms with Gasteiger partial charge in [0.05, 0.1) is 7.11 Å². The molecule has 1 aliphatic rings. The average molecular weight is 294 g/mol. The van der Waals surface area contributed by atoms with Crippen molar-refractivity contribution in [3.8, 4) is 0 Å². The summed E-state index contributed by atoms with van der Waals surface area (Å²) in [5.41, 5.74) is 1.12. The van der Waals surface area contributed by atoms with Gasteiger partial charge in [0, 0.05) is 12.1 Å². The van der Waals surface area contributed by atoms with Gasteiger partial charge in [-0.1, -0.05) is 44.3 Å². The normalized spacial score (nSPS) is 16.1. The first-order chi connectivity index (χ1) is 9.61. The van der Waals surface area contributed by atoms with Gasteiger partial charge in [0.1, 0.15) is 16.0 Å². The number of aromatic amines is 1. The molecule has 1 aromatic rings. The van der Waals surface area contributed by atoms with Crippen molar-refractivity contribution in [2.45, 2.75) is 51.9 Å². The van der Waals surface area contributed by atoms with Crippen LogP contribution in [0.25, 0.3) is 0 Å². The van der Waals surface area contributed by atoms with Crippen LogP contribution >= 0.6 is 12.2 Å². The third kappa shape index (κ3) is 3.66. The van der Waals surface area contributed by atoms with Gasteiger partial charge in [-0.05, 0) is 19.3 Å². The van der Waals surface area contributed by atoms with E-state index in [9.17, 15) is 4.79 Å². The van der Waals surface area contributed by atoms with Gasteiger partial charge < -0.3 is 9.72 Å². The van der Waals surface area contributed by atoms with Crippen LogP contribution in [0.5, 0.6) is 0 Å². The van der Waals surface area contributed by atoms with Crippen molar-refractivity contribution in [1.29, 1.82) is 0 Å². The molecule has 0 bridgehead atoms. The Balaban J connectivity index is 2.06. The van der Waals surface area contributed by atoms with E-state index in [4.69, 9.17) is 17.0 Å². The Hall–Kier alpha value is -1.23. The second-order valence-electron chi connectivity index (χ2n) is 5.52. The predicted octanol–water partition coefficient (Wildman–Crippen LogP) is 3.75. The van der Waals surface area contributed by atoms with Gasteiger partial charge >= 0.3 is 5.97 Å². The summed E-state index contributed by atoms with van der Waals surface area (Å²) in [6, 6.07) is 0. The highest BCUT2D eigenvalue weighted by Gasteiger charge is 2.16. The number of aryl methyl sites for hydroxylation is 2. The summed E-state index contributed by atoms with van der Waals surface area (Å²) < 4.78 is 5.07. The highest BCUT2D eigenvalue weighted by atomic mass is 32.1.